The SMILES string of the molecule is O=S(=O)(O)CCCCn1/c(=C/C=C/C=C/C2=Nc3cccc4cccc2c34)c2cccc3cccc1c32. The van der Waals surface area contributed by atoms with E-state index >= 15 is 0 Å². The molecule has 0 aliphatic carbocycles. The highest BCUT2D eigenvalue weighted by Crippen LogP contribution is 2.35. The standard InChI is InChI=1S/C31H26N2O3S/c34-37(35,36)21-5-4-20-33-28(25-15-7-11-23-13-9-19-29(33)31(23)25)18-3-1-2-16-26-24-14-6-10-22-12-8-17-27(32-26)30(22)24/h1-3,6-19H,4-5,20-21H2,(H,34,35,36)/b3-1+,16-2+,28-18+. The highest BCUT2D eigenvalue weighted by molar-refractivity contribution is 7.85. The minimum absolute atomic E-state index is 0.219. The maximum Gasteiger partial charge on any atom is 0.264 e. The van der Waals surface area contributed by atoms with Crippen LogP contribution in [0.25, 0.3) is 38.5 Å². The molecular formula is C31H26N2O3S. The molecule has 4 aromatic carbocycles. The number of benzene rings is 4. The Bertz CT molecular complexity index is 1900. The Morgan fingerprint density at radius 2 is 1.54 bits per heavy atom. The Balaban J connectivity index is 1.31. The average molecular weight is 507 g/mol. The molecule has 37 heavy (non-hydrogen) atoms. The van der Waals surface area contributed by atoms with Crippen molar-refractivity contribution in [1.29, 1.82) is 0 Å². The van der Waals surface area contributed by atoms with Crippen LogP contribution in [0.3, 0.4) is 0 Å². The fraction of sp³-hybridized carbons (Fsp3) is 0.129. The molecule has 1 aliphatic heterocycles. The van der Waals surface area contributed by atoms with Gasteiger partial charge >= 0.3 is 0 Å². The van der Waals surface area contributed by atoms with E-state index in [0.29, 0.717) is 19.4 Å². The first-order valence-corrected chi connectivity index (χ1v) is 14.0. The molecule has 184 valence electrons. The second-order valence-electron chi connectivity index (χ2n) is 9.30. The van der Waals surface area contributed by atoms with Gasteiger partial charge in [-0.05, 0) is 47.9 Å². The van der Waals surface area contributed by atoms with Crippen molar-refractivity contribution in [3.05, 3.63) is 108 Å². The lowest BCUT2D eigenvalue weighted by Crippen LogP contribution is -2.17. The molecule has 6 heteroatoms. The van der Waals surface area contributed by atoms with Gasteiger partial charge in [-0.25, -0.2) is 4.99 Å². The second kappa shape index (κ2) is 9.47. The lowest BCUT2D eigenvalue weighted by molar-refractivity contribution is 0.478. The molecule has 5 aromatic rings. The smallest absolute Gasteiger partial charge is 0.264 e. The van der Waals surface area contributed by atoms with Crippen LogP contribution in [0.4, 0.5) is 5.69 Å². The highest BCUT2D eigenvalue weighted by atomic mass is 32.2. The monoisotopic (exact) mass is 506 g/mol. The molecule has 0 spiro atoms. The number of hydrogen-bond acceptors (Lipinski definition) is 3. The van der Waals surface area contributed by atoms with Crippen LogP contribution in [0, 0.1) is 0 Å². The summed E-state index contributed by atoms with van der Waals surface area (Å²) in [6.45, 7) is 0.665. The van der Waals surface area contributed by atoms with E-state index in [1.54, 1.807) is 0 Å². The molecule has 0 amide bonds. The number of allylic oxidation sites excluding steroid dienone is 4. The van der Waals surface area contributed by atoms with E-state index < -0.39 is 10.1 Å². The molecule has 0 atom stereocenters. The third-order valence-electron chi connectivity index (χ3n) is 6.90. The van der Waals surface area contributed by atoms with Crippen LogP contribution in [0.2, 0.25) is 0 Å². The normalized spacial score (nSPS) is 14.3. The molecule has 0 fully saturated rings. The van der Waals surface area contributed by atoms with Gasteiger partial charge in [0, 0.05) is 39.1 Å². The average Bonchev–Trinajstić information content (AvgIpc) is 3.40. The van der Waals surface area contributed by atoms with Crippen molar-refractivity contribution in [1.82, 2.24) is 4.57 Å². The summed E-state index contributed by atoms with van der Waals surface area (Å²) in [4.78, 5) is 4.81. The van der Waals surface area contributed by atoms with E-state index in [4.69, 9.17) is 9.55 Å². The first kappa shape index (κ1) is 23.4. The maximum atomic E-state index is 11.1. The van der Waals surface area contributed by atoms with Gasteiger partial charge in [0.2, 0.25) is 0 Å². The fourth-order valence-electron chi connectivity index (χ4n) is 5.31. The summed E-state index contributed by atoms with van der Waals surface area (Å²) in [5.41, 5.74) is 4.26. The largest absolute Gasteiger partial charge is 0.340 e. The van der Waals surface area contributed by atoms with Gasteiger partial charge in [-0.1, -0.05) is 78.9 Å². The fourth-order valence-corrected chi connectivity index (χ4v) is 5.88. The summed E-state index contributed by atoms with van der Waals surface area (Å²) in [5.74, 6) is -0.219. The third kappa shape index (κ3) is 4.50. The summed E-state index contributed by atoms with van der Waals surface area (Å²) >= 11 is 0. The molecule has 6 rings (SSSR count). The highest BCUT2D eigenvalue weighted by Gasteiger charge is 2.15. The quantitative estimate of drug-likeness (QED) is 0.151. The minimum Gasteiger partial charge on any atom is -0.340 e. The molecule has 1 N–H and O–H groups in total. The molecule has 0 radical (unpaired) electrons. The Morgan fingerprint density at radius 3 is 2.35 bits per heavy atom. The van der Waals surface area contributed by atoms with Crippen molar-refractivity contribution in [2.24, 2.45) is 4.99 Å². The van der Waals surface area contributed by atoms with Gasteiger partial charge in [0.25, 0.3) is 10.1 Å². The number of aliphatic imine (C=N–C) groups is 1. The number of nitrogens with zero attached hydrogens (tertiary/aromatic N) is 2. The molecule has 0 bridgehead atoms. The minimum atomic E-state index is -3.95. The van der Waals surface area contributed by atoms with E-state index in [-0.39, 0.29) is 5.75 Å². The number of unbranched alkanes of at least 4 members (excludes halogenated alkanes) is 1. The van der Waals surface area contributed by atoms with Gasteiger partial charge in [-0.3, -0.25) is 4.55 Å². The summed E-state index contributed by atoms with van der Waals surface area (Å²) in [7, 11) is -3.95. The van der Waals surface area contributed by atoms with Crippen molar-refractivity contribution < 1.29 is 13.0 Å². The summed E-state index contributed by atoms with van der Waals surface area (Å²) in [6.07, 6.45) is 11.3. The van der Waals surface area contributed by atoms with Crippen LogP contribution in [-0.4, -0.2) is 29.0 Å². The number of aromatic nitrogens is 1. The Morgan fingerprint density at radius 1 is 0.811 bits per heavy atom. The van der Waals surface area contributed by atoms with Gasteiger partial charge in [0.05, 0.1) is 17.2 Å². The number of hydrogen-bond donors (Lipinski definition) is 1. The predicted octanol–water partition coefficient (Wildman–Crippen LogP) is 6.36. The number of rotatable bonds is 8. The van der Waals surface area contributed by atoms with Crippen molar-refractivity contribution in [2.75, 3.05) is 5.75 Å². The zero-order chi connectivity index (χ0) is 25.4. The molecule has 1 aromatic heterocycles. The Kier molecular flexibility index (Phi) is 5.99. The van der Waals surface area contributed by atoms with E-state index in [9.17, 15) is 8.42 Å². The van der Waals surface area contributed by atoms with Crippen molar-refractivity contribution in [3.63, 3.8) is 0 Å². The maximum absolute atomic E-state index is 11.1. The van der Waals surface area contributed by atoms with Crippen LogP contribution in [-0.2, 0) is 16.7 Å². The molecule has 0 saturated carbocycles. The molecule has 1 aliphatic rings. The predicted molar refractivity (Wildman–Crippen MR) is 153 cm³/mol. The van der Waals surface area contributed by atoms with Gasteiger partial charge in [0.15, 0.2) is 0 Å². The van der Waals surface area contributed by atoms with Crippen molar-refractivity contribution in [2.45, 2.75) is 19.4 Å². The molecular weight excluding hydrogens is 480 g/mol. The van der Waals surface area contributed by atoms with E-state index in [1.165, 1.54) is 26.9 Å². The third-order valence-corrected chi connectivity index (χ3v) is 7.71. The summed E-state index contributed by atoms with van der Waals surface area (Å²) < 4.78 is 33.6. The Hall–Kier alpha value is -4.00. The zero-order valence-corrected chi connectivity index (χ0v) is 21.0. The van der Waals surface area contributed by atoms with E-state index in [2.05, 4.69) is 77.4 Å². The topological polar surface area (TPSA) is 71.7 Å². The van der Waals surface area contributed by atoms with Crippen LogP contribution >= 0.6 is 0 Å². The first-order chi connectivity index (χ1) is 18.0. The van der Waals surface area contributed by atoms with Gasteiger partial charge in [-0.2, -0.15) is 8.42 Å². The molecule has 5 nitrogen and oxygen atoms in total. The van der Waals surface area contributed by atoms with Gasteiger partial charge < -0.3 is 4.57 Å². The Labute approximate surface area is 215 Å². The van der Waals surface area contributed by atoms with E-state index in [0.717, 1.165) is 27.8 Å². The van der Waals surface area contributed by atoms with Gasteiger partial charge in [0.1, 0.15) is 0 Å². The second-order valence-corrected chi connectivity index (χ2v) is 10.9. The molecule has 2 heterocycles. The van der Waals surface area contributed by atoms with Crippen LogP contribution < -0.4 is 5.35 Å². The molecule has 0 saturated heterocycles. The van der Waals surface area contributed by atoms with Crippen molar-refractivity contribution in [3.8, 4) is 0 Å². The first-order valence-electron chi connectivity index (χ1n) is 12.4. The number of aryl methyl sites for hydroxylation is 1. The van der Waals surface area contributed by atoms with E-state index in [1.807, 2.05) is 30.4 Å². The summed E-state index contributed by atoms with van der Waals surface area (Å²) in [5, 5.41) is 7.04. The summed E-state index contributed by atoms with van der Waals surface area (Å²) in [6, 6.07) is 25.1. The van der Waals surface area contributed by atoms with Crippen LogP contribution in [0.15, 0.2) is 102 Å². The van der Waals surface area contributed by atoms with Crippen LogP contribution in [0.1, 0.15) is 18.4 Å². The van der Waals surface area contributed by atoms with Crippen molar-refractivity contribution >= 4 is 60.0 Å². The van der Waals surface area contributed by atoms with Crippen LogP contribution in [0.5, 0.6) is 0 Å². The lowest BCUT2D eigenvalue weighted by atomic mass is 10.0. The van der Waals surface area contributed by atoms with Gasteiger partial charge in [-0.15, -0.1) is 0 Å². The lowest BCUT2D eigenvalue weighted by Gasteiger charge is -2.06. The molecule has 0 unspecified atom stereocenters. The zero-order valence-electron chi connectivity index (χ0n) is 20.2.